The zero-order valence-electron chi connectivity index (χ0n) is 13.0. The van der Waals surface area contributed by atoms with Crippen molar-refractivity contribution in [3.8, 4) is 0 Å². The molecule has 2 nitrogen and oxygen atoms in total. The minimum Gasteiger partial charge on any atom is -0.377 e. The largest absolute Gasteiger partial charge is 0.377 e. The van der Waals surface area contributed by atoms with E-state index in [1.54, 1.807) is 0 Å². The molecule has 2 unspecified atom stereocenters. The van der Waals surface area contributed by atoms with E-state index in [9.17, 15) is 0 Å². The van der Waals surface area contributed by atoms with Crippen LogP contribution in [0.15, 0.2) is 28.7 Å². The van der Waals surface area contributed by atoms with Gasteiger partial charge in [0.1, 0.15) is 0 Å². The van der Waals surface area contributed by atoms with Crippen molar-refractivity contribution < 1.29 is 4.74 Å². The molecule has 0 saturated heterocycles. The lowest BCUT2D eigenvalue weighted by Crippen LogP contribution is -2.43. The quantitative estimate of drug-likeness (QED) is 0.673. The van der Waals surface area contributed by atoms with Crippen LogP contribution in [0.1, 0.15) is 45.6 Å². The van der Waals surface area contributed by atoms with Crippen LogP contribution in [-0.2, 0) is 11.2 Å². The third kappa shape index (κ3) is 5.94. The van der Waals surface area contributed by atoms with Gasteiger partial charge in [-0.1, -0.05) is 54.4 Å². The van der Waals surface area contributed by atoms with Crippen LogP contribution in [0.4, 0.5) is 0 Å². The Hall–Kier alpha value is -0.380. The molecule has 0 aliphatic heterocycles. The Morgan fingerprint density at radius 1 is 1.15 bits per heavy atom. The summed E-state index contributed by atoms with van der Waals surface area (Å²) in [6.45, 7) is 8.34. The average Bonchev–Trinajstić information content (AvgIpc) is 2.45. The van der Waals surface area contributed by atoms with Crippen LogP contribution in [0.2, 0.25) is 0 Å². The molecule has 114 valence electrons. The van der Waals surface area contributed by atoms with Gasteiger partial charge >= 0.3 is 0 Å². The summed E-state index contributed by atoms with van der Waals surface area (Å²) in [5.41, 5.74) is 1.35. The lowest BCUT2D eigenvalue weighted by Gasteiger charge is -2.28. The van der Waals surface area contributed by atoms with Gasteiger partial charge in [0.25, 0.3) is 0 Å². The summed E-state index contributed by atoms with van der Waals surface area (Å²) in [5.74, 6) is 0. The Morgan fingerprint density at radius 2 is 1.90 bits per heavy atom. The van der Waals surface area contributed by atoms with E-state index in [1.807, 2.05) is 0 Å². The molecule has 2 atom stereocenters. The molecule has 20 heavy (non-hydrogen) atoms. The molecular formula is C17H28BrNO. The molecule has 0 fully saturated rings. The number of rotatable bonds is 10. The van der Waals surface area contributed by atoms with E-state index in [-0.39, 0.29) is 0 Å². The molecule has 0 saturated carbocycles. The van der Waals surface area contributed by atoms with Crippen LogP contribution >= 0.6 is 15.9 Å². The van der Waals surface area contributed by atoms with Crippen LogP contribution in [0.3, 0.4) is 0 Å². The normalized spacial score (nSPS) is 14.2. The number of hydrogen-bond donors (Lipinski definition) is 1. The second kappa shape index (κ2) is 10.4. The molecular weight excluding hydrogens is 314 g/mol. The molecule has 0 radical (unpaired) electrons. The molecule has 0 aliphatic rings. The van der Waals surface area contributed by atoms with Gasteiger partial charge in [-0.15, -0.1) is 0 Å². The summed E-state index contributed by atoms with van der Waals surface area (Å²) in [4.78, 5) is 0. The molecule has 0 aromatic heterocycles. The summed E-state index contributed by atoms with van der Waals surface area (Å²) in [7, 11) is 0. The first-order valence-electron chi connectivity index (χ1n) is 7.81. The minimum absolute atomic E-state index is 0.295. The van der Waals surface area contributed by atoms with Crippen molar-refractivity contribution in [2.45, 2.75) is 58.6 Å². The minimum atomic E-state index is 0.295. The monoisotopic (exact) mass is 341 g/mol. The summed E-state index contributed by atoms with van der Waals surface area (Å²) in [5, 5.41) is 3.67. The number of nitrogens with one attached hydrogen (secondary N) is 1. The van der Waals surface area contributed by atoms with Gasteiger partial charge in [0, 0.05) is 17.1 Å². The van der Waals surface area contributed by atoms with Crippen molar-refractivity contribution in [2.75, 3.05) is 13.2 Å². The van der Waals surface area contributed by atoms with Gasteiger partial charge in [-0.2, -0.15) is 0 Å². The molecule has 1 aromatic rings. The van der Waals surface area contributed by atoms with E-state index in [4.69, 9.17) is 4.74 Å². The van der Waals surface area contributed by atoms with Crippen molar-refractivity contribution in [1.29, 1.82) is 0 Å². The van der Waals surface area contributed by atoms with Crippen LogP contribution in [0.5, 0.6) is 0 Å². The fourth-order valence-corrected chi connectivity index (χ4v) is 2.91. The molecule has 0 bridgehead atoms. The molecule has 3 heteroatoms. The number of hydrogen-bond acceptors (Lipinski definition) is 2. The van der Waals surface area contributed by atoms with Gasteiger partial charge in [0.05, 0.1) is 6.10 Å². The third-order valence-electron chi connectivity index (χ3n) is 3.46. The molecule has 0 heterocycles. The van der Waals surface area contributed by atoms with Gasteiger partial charge in [0.2, 0.25) is 0 Å². The Bertz CT molecular complexity index is 364. The van der Waals surface area contributed by atoms with E-state index in [0.29, 0.717) is 12.1 Å². The maximum absolute atomic E-state index is 5.98. The predicted octanol–water partition coefficient (Wildman–Crippen LogP) is 4.57. The van der Waals surface area contributed by atoms with E-state index in [0.717, 1.165) is 38.8 Å². The number of benzene rings is 1. The van der Waals surface area contributed by atoms with E-state index >= 15 is 0 Å². The molecule has 1 rings (SSSR count). The van der Waals surface area contributed by atoms with Crippen LogP contribution in [0.25, 0.3) is 0 Å². The summed E-state index contributed by atoms with van der Waals surface area (Å²) < 4.78 is 7.17. The average molecular weight is 342 g/mol. The molecule has 0 spiro atoms. The van der Waals surface area contributed by atoms with Gasteiger partial charge < -0.3 is 10.1 Å². The highest BCUT2D eigenvalue weighted by atomic mass is 79.9. The van der Waals surface area contributed by atoms with Crippen LogP contribution < -0.4 is 5.32 Å². The highest BCUT2D eigenvalue weighted by Gasteiger charge is 2.21. The maximum Gasteiger partial charge on any atom is 0.0731 e. The standard InChI is InChI=1S/C17H28BrNO/c1-4-9-17(20-6-3)16(19-12-5-2)13-14-10-7-8-11-15(14)18/h7-8,10-11,16-17,19H,4-6,9,12-13H2,1-3H3. The van der Waals surface area contributed by atoms with Crippen molar-refractivity contribution in [2.24, 2.45) is 0 Å². The molecule has 0 aliphatic carbocycles. The van der Waals surface area contributed by atoms with Crippen LogP contribution in [-0.4, -0.2) is 25.3 Å². The molecule has 1 aromatic carbocycles. The maximum atomic E-state index is 5.98. The van der Waals surface area contributed by atoms with E-state index < -0.39 is 0 Å². The van der Waals surface area contributed by atoms with Gasteiger partial charge in [-0.05, 0) is 44.4 Å². The second-order valence-electron chi connectivity index (χ2n) is 5.14. The highest BCUT2D eigenvalue weighted by Crippen LogP contribution is 2.20. The summed E-state index contributed by atoms with van der Waals surface area (Å²) >= 11 is 3.65. The van der Waals surface area contributed by atoms with Gasteiger partial charge in [-0.3, -0.25) is 0 Å². The van der Waals surface area contributed by atoms with Gasteiger partial charge in [0.15, 0.2) is 0 Å². The highest BCUT2D eigenvalue weighted by molar-refractivity contribution is 9.10. The van der Waals surface area contributed by atoms with E-state index in [2.05, 4.69) is 66.3 Å². The summed E-state index contributed by atoms with van der Waals surface area (Å²) in [6.07, 6.45) is 4.72. The van der Waals surface area contributed by atoms with Crippen molar-refractivity contribution >= 4 is 15.9 Å². The lowest BCUT2D eigenvalue weighted by molar-refractivity contribution is 0.0281. The topological polar surface area (TPSA) is 21.3 Å². The Kier molecular flexibility index (Phi) is 9.16. The molecule has 0 amide bonds. The van der Waals surface area contributed by atoms with E-state index in [1.165, 1.54) is 10.0 Å². The smallest absolute Gasteiger partial charge is 0.0731 e. The first kappa shape index (κ1) is 17.7. The van der Waals surface area contributed by atoms with Crippen LogP contribution in [0, 0.1) is 0 Å². The third-order valence-corrected chi connectivity index (χ3v) is 4.23. The number of ether oxygens (including phenoxy) is 1. The first-order valence-corrected chi connectivity index (χ1v) is 8.60. The van der Waals surface area contributed by atoms with Crippen molar-refractivity contribution in [1.82, 2.24) is 5.32 Å². The lowest BCUT2D eigenvalue weighted by atomic mass is 9.98. The Balaban J connectivity index is 2.78. The predicted molar refractivity (Wildman–Crippen MR) is 90.2 cm³/mol. The second-order valence-corrected chi connectivity index (χ2v) is 5.99. The molecule has 1 N–H and O–H groups in total. The number of halogens is 1. The van der Waals surface area contributed by atoms with Crippen molar-refractivity contribution in [3.63, 3.8) is 0 Å². The Labute approximate surface area is 132 Å². The van der Waals surface area contributed by atoms with Crippen molar-refractivity contribution in [3.05, 3.63) is 34.3 Å². The Morgan fingerprint density at radius 3 is 2.50 bits per heavy atom. The zero-order chi connectivity index (χ0) is 14.8. The SMILES string of the molecule is CCCNC(Cc1ccccc1Br)C(CCC)OCC. The summed E-state index contributed by atoms with van der Waals surface area (Å²) in [6, 6.07) is 8.86. The fourth-order valence-electron chi connectivity index (χ4n) is 2.46. The van der Waals surface area contributed by atoms with Gasteiger partial charge in [-0.25, -0.2) is 0 Å². The zero-order valence-corrected chi connectivity index (χ0v) is 14.6. The fraction of sp³-hybridized carbons (Fsp3) is 0.647. The first-order chi connectivity index (χ1) is 9.72.